The van der Waals surface area contributed by atoms with Crippen LogP contribution in [0.1, 0.15) is 10.4 Å². The molecule has 0 aliphatic carbocycles. The second-order valence-corrected chi connectivity index (χ2v) is 3.10. The minimum Gasteiger partial charge on any atom is -0.275 e. The van der Waals surface area contributed by atoms with E-state index in [1.54, 1.807) is 22.6 Å². The summed E-state index contributed by atoms with van der Waals surface area (Å²) >= 11 is 6.76. The first-order valence-electron chi connectivity index (χ1n) is 2.62. The molecule has 5 heteroatoms. The Bertz CT molecular complexity index is 305. The fourth-order valence-corrected chi connectivity index (χ4v) is 1.17. The quantitative estimate of drug-likeness (QED) is 0.450. The zero-order valence-electron chi connectivity index (χ0n) is 5.14. The molecule has 0 spiro atoms. The summed E-state index contributed by atoms with van der Waals surface area (Å²) in [6, 6.07) is 1.24. The number of carbonyl (C=O) groups is 1. The van der Waals surface area contributed by atoms with E-state index in [0.29, 0.717) is 0 Å². The third kappa shape index (κ3) is 1.87. The van der Waals surface area contributed by atoms with Gasteiger partial charge in [-0.15, -0.1) is 0 Å². The minimum absolute atomic E-state index is 0.133. The van der Waals surface area contributed by atoms with Gasteiger partial charge >= 0.3 is 0 Å². The standard InChI is InChI=1S/C6H2ClFINO/c7-5(11)3-1-2-10-6(9)4(3)8/h1-2H. The van der Waals surface area contributed by atoms with Crippen LogP contribution < -0.4 is 0 Å². The Morgan fingerprint density at radius 1 is 1.73 bits per heavy atom. The summed E-state index contributed by atoms with van der Waals surface area (Å²) < 4.78 is 13.0. The maximum absolute atomic E-state index is 12.9. The highest BCUT2D eigenvalue weighted by Crippen LogP contribution is 2.13. The summed E-state index contributed by atoms with van der Waals surface area (Å²) in [7, 11) is 0. The molecule has 0 aliphatic rings. The topological polar surface area (TPSA) is 30.0 Å². The summed E-state index contributed by atoms with van der Waals surface area (Å²) in [6.45, 7) is 0. The van der Waals surface area contributed by atoms with Crippen molar-refractivity contribution in [3.05, 3.63) is 27.3 Å². The van der Waals surface area contributed by atoms with Crippen LogP contribution in [-0.2, 0) is 0 Å². The number of halogens is 3. The van der Waals surface area contributed by atoms with Crippen LogP contribution in [0, 0.1) is 9.52 Å². The van der Waals surface area contributed by atoms with E-state index in [1.165, 1.54) is 12.3 Å². The molecule has 0 bridgehead atoms. The first-order chi connectivity index (χ1) is 5.13. The molecule has 1 aromatic heterocycles. The van der Waals surface area contributed by atoms with Crippen molar-refractivity contribution in [3.63, 3.8) is 0 Å². The van der Waals surface area contributed by atoms with Crippen molar-refractivity contribution >= 4 is 39.4 Å². The van der Waals surface area contributed by atoms with E-state index in [2.05, 4.69) is 4.98 Å². The molecule has 0 N–H and O–H groups in total. The summed E-state index contributed by atoms with van der Waals surface area (Å²) in [5, 5.41) is -0.803. The highest BCUT2D eigenvalue weighted by Gasteiger charge is 2.11. The van der Waals surface area contributed by atoms with Gasteiger partial charge in [-0.3, -0.25) is 4.79 Å². The Balaban J connectivity index is 3.27. The van der Waals surface area contributed by atoms with Crippen LogP contribution in [0.3, 0.4) is 0 Å². The lowest BCUT2D eigenvalue weighted by Crippen LogP contribution is -1.98. The highest BCUT2D eigenvalue weighted by atomic mass is 127. The van der Waals surface area contributed by atoms with Crippen LogP contribution in [0.4, 0.5) is 4.39 Å². The summed E-state index contributed by atoms with van der Waals surface area (Å²) in [5.41, 5.74) is -0.133. The van der Waals surface area contributed by atoms with Gasteiger partial charge in [-0.1, -0.05) is 0 Å². The fraction of sp³-hybridized carbons (Fsp3) is 0. The molecular formula is C6H2ClFINO. The Morgan fingerprint density at radius 3 is 2.82 bits per heavy atom. The molecule has 0 aromatic carbocycles. The van der Waals surface area contributed by atoms with Crippen LogP contribution >= 0.6 is 34.2 Å². The summed E-state index contributed by atoms with van der Waals surface area (Å²) in [4.78, 5) is 14.1. The van der Waals surface area contributed by atoms with E-state index >= 15 is 0 Å². The van der Waals surface area contributed by atoms with Gasteiger partial charge in [0.25, 0.3) is 5.24 Å². The second kappa shape index (κ2) is 3.44. The lowest BCUT2D eigenvalue weighted by atomic mass is 10.3. The average molecular weight is 285 g/mol. The van der Waals surface area contributed by atoms with Gasteiger partial charge in [0, 0.05) is 6.20 Å². The second-order valence-electron chi connectivity index (χ2n) is 1.74. The Kier molecular flexibility index (Phi) is 2.78. The predicted molar refractivity (Wildman–Crippen MR) is 47.1 cm³/mol. The van der Waals surface area contributed by atoms with Crippen molar-refractivity contribution in [1.29, 1.82) is 0 Å². The van der Waals surface area contributed by atoms with Crippen LogP contribution in [0.5, 0.6) is 0 Å². The molecular weight excluding hydrogens is 283 g/mol. The Hall–Kier alpha value is -0.230. The molecule has 11 heavy (non-hydrogen) atoms. The number of nitrogens with zero attached hydrogens (tertiary/aromatic N) is 1. The van der Waals surface area contributed by atoms with Crippen molar-refractivity contribution in [3.8, 4) is 0 Å². The number of hydrogen-bond acceptors (Lipinski definition) is 2. The number of rotatable bonds is 1. The smallest absolute Gasteiger partial charge is 0.255 e. The van der Waals surface area contributed by atoms with E-state index in [9.17, 15) is 9.18 Å². The molecule has 1 aromatic rings. The molecule has 1 heterocycles. The SMILES string of the molecule is O=C(Cl)c1ccnc(I)c1F. The highest BCUT2D eigenvalue weighted by molar-refractivity contribution is 14.1. The number of aromatic nitrogens is 1. The fourth-order valence-electron chi connectivity index (χ4n) is 0.570. The van der Waals surface area contributed by atoms with Gasteiger partial charge in [-0.05, 0) is 40.3 Å². The third-order valence-electron chi connectivity index (χ3n) is 1.06. The first kappa shape index (κ1) is 8.86. The van der Waals surface area contributed by atoms with Gasteiger partial charge in [0.1, 0.15) is 3.70 Å². The molecule has 0 radical (unpaired) electrons. The molecule has 58 valence electrons. The zero-order valence-corrected chi connectivity index (χ0v) is 8.06. The Labute approximate surface area is 80.9 Å². The van der Waals surface area contributed by atoms with E-state index in [-0.39, 0.29) is 9.26 Å². The predicted octanol–water partition coefficient (Wildman–Crippen LogP) is 2.20. The van der Waals surface area contributed by atoms with Gasteiger partial charge in [-0.25, -0.2) is 9.37 Å². The van der Waals surface area contributed by atoms with Crippen molar-refractivity contribution < 1.29 is 9.18 Å². The van der Waals surface area contributed by atoms with Crippen molar-refractivity contribution in [1.82, 2.24) is 4.98 Å². The van der Waals surface area contributed by atoms with Gasteiger partial charge in [0.2, 0.25) is 0 Å². The van der Waals surface area contributed by atoms with Crippen LogP contribution in [-0.4, -0.2) is 10.2 Å². The maximum atomic E-state index is 12.9. The number of pyridine rings is 1. The van der Waals surface area contributed by atoms with Crippen molar-refractivity contribution in [2.75, 3.05) is 0 Å². The summed E-state index contributed by atoms with van der Waals surface area (Å²) in [6.07, 6.45) is 1.33. The number of hydrogen-bond donors (Lipinski definition) is 0. The van der Waals surface area contributed by atoms with E-state index in [4.69, 9.17) is 11.6 Å². The normalized spacial score (nSPS) is 9.73. The molecule has 0 fully saturated rings. The molecule has 0 unspecified atom stereocenters. The van der Waals surface area contributed by atoms with E-state index in [0.717, 1.165) is 0 Å². The molecule has 0 saturated heterocycles. The minimum atomic E-state index is -0.803. The van der Waals surface area contributed by atoms with Crippen molar-refractivity contribution in [2.45, 2.75) is 0 Å². The average Bonchev–Trinajstić information content (AvgIpc) is 1.94. The Morgan fingerprint density at radius 2 is 2.36 bits per heavy atom. The van der Waals surface area contributed by atoms with Crippen LogP contribution in [0.2, 0.25) is 0 Å². The lowest BCUT2D eigenvalue weighted by molar-refractivity contribution is 0.107. The van der Waals surface area contributed by atoms with E-state index < -0.39 is 11.1 Å². The van der Waals surface area contributed by atoms with Gasteiger partial charge in [-0.2, -0.15) is 0 Å². The molecule has 2 nitrogen and oxygen atoms in total. The van der Waals surface area contributed by atoms with Gasteiger partial charge < -0.3 is 0 Å². The monoisotopic (exact) mass is 285 g/mol. The largest absolute Gasteiger partial charge is 0.275 e. The van der Waals surface area contributed by atoms with E-state index in [1.807, 2.05) is 0 Å². The lowest BCUT2D eigenvalue weighted by Gasteiger charge is -1.96. The maximum Gasteiger partial charge on any atom is 0.255 e. The number of carbonyl (C=O) groups excluding carboxylic acids is 1. The summed E-state index contributed by atoms with van der Waals surface area (Å²) in [5.74, 6) is -0.659. The van der Waals surface area contributed by atoms with Crippen LogP contribution in [0.25, 0.3) is 0 Å². The zero-order chi connectivity index (χ0) is 8.43. The van der Waals surface area contributed by atoms with Gasteiger partial charge in [0.15, 0.2) is 5.82 Å². The van der Waals surface area contributed by atoms with Gasteiger partial charge in [0.05, 0.1) is 5.56 Å². The van der Waals surface area contributed by atoms with Crippen LogP contribution in [0.15, 0.2) is 12.3 Å². The third-order valence-corrected chi connectivity index (χ3v) is 2.01. The van der Waals surface area contributed by atoms with Crippen molar-refractivity contribution in [2.24, 2.45) is 0 Å². The molecule has 1 rings (SSSR count). The first-order valence-corrected chi connectivity index (χ1v) is 4.08. The molecule has 0 aliphatic heterocycles. The molecule has 0 atom stereocenters. The molecule has 0 saturated carbocycles. The molecule has 0 amide bonds.